The summed E-state index contributed by atoms with van der Waals surface area (Å²) in [5.41, 5.74) is 11.6. The lowest BCUT2D eigenvalue weighted by molar-refractivity contribution is -0.118. The molecule has 0 fully saturated rings. The predicted molar refractivity (Wildman–Crippen MR) is 63.2 cm³/mol. The molecule has 0 bridgehead atoms. The number of anilines is 2. The van der Waals surface area contributed by atoms with Gasteiger partial charge in [-0.1, -0.05) is 6.08 Å². The molecule has 0 atom stereocenters. The summed E-state index contributed by atoms with van der Waals surface area (Å²) < 4.78 is 0. The maximum Gasteiger partial charge on any atom is 0.216 e. The highest BCUT2D eigenvalue weighted by Gasteiger charge is 1.96. The van der Waals surface area contributed by atoms with Gasteiger partial charge < -0.3 is 16.8 Å². The molecule has 0 aliphatic rings. The van der Waals surface area contributed by atoms with E-state index in [2.05, 4.69) is 15.3 Å². The molecule has 0 saturated heterocycles. The second kappa shape index (κ2) is 5.69. The molecule has 1 aromatic heterocycles. The zero-order valence-corrected chi connectivity index (χ0v) is 9.10. The summed E-state index contributed by atoms with van der Waals surface area (Å²) in [5.74, 6) is 0.421. The molecule has 86 valence electrons. The molecule has 0 aromatic carbocycles. The molecular weight excluding hydrogens is 206 g/mol. The second-order valence-corrected chi connectivity index (χ2v) is 3.24. The third kappa shape index (κ3) is 3.95. The van der Waals surface area contributed by atoms with Crippen LogP contribution in [0.15, 0.2) is 12.3 Å². The van der Waals surface area contributed by atoms with E-state index < -0.39 is 0 Å². The van der Waals surface area contributed by atoms with E-state index >= 15 is 0 Å². The van der Waals surface area contributed by atoms with Crippen molar-refractivity contribution in [3.05, 3.63) is 18.0 Å². The van der Waals surface area contributed by atoms with Crippen LogP contribution >= 0.6 is 0 Å². The van der Waals surface area contributed by atoms with E-state index in [0.717, 1.165) is 6.42 Å². The minimum Gasteiger partial charge on any atom is -0.381 e. The highest BCUT2D eigenvalue weighted by Crippen LogP contribution is 2.08. The largest absolute Gasteiger partial charge is 0.381 e. The van der Waals surface area contributed by atoms with E-state index in [1.807, 2.05) is 6.08 Å². The molecule has 1 amide bonds. The maximum atomic E-state index is 10.6. The van der Waals surface area contributed by atoms with Crippen LogP contribution < -0.4 is 16.8 Å². The highest BCUT2D eigenvalue weighted by atomic mass is 16.1. The molecule has 0 spiro atoms. The van der Waals surface area contributed by atoms with Gasteiger partial charge in [0.1, 0.15) is 0 Å². The summed E-state index contributed by atoms with van der Waals surface area (Å²) in [6.45, 7) is 2.08. The number of nitrogens with two attached hydrogens (primary N) is 2. The van der Waals surface area contributed by atoms with Gasteiger partial charge in [0.2, 0.25) is 5.91 Å². The molecule has 0 saturated carbocycles. The van der Waals surface area contributed by atoms with Crippen LogP contribution in [0.1, 0.15) is 19.0 Å². The summed E-state index contributed by atoms with van der Waals surface area (Å²) >= 11 is 0. The van der Waals surface area contributed by atoms with Gasteiger partial charge >= 0.3 is 0 Å². The highest BCUT2D eigenvalue weighted by molar-refractivity contribution is 5.72. The van der Waals surface area contributed by atoms with E-state index in [0.29, 0.717) is 12.2 Å². The number of carbonyl (C=O) groups is 1. The Morgan fingerprint density at radius 2 is 2.25 bits per heavy atom. The second-order valence-electron chi connectivity index (χ2n) is 3.24. The molecule has 0 aliphatic carbocycles. The van der Waals surface area contributed by atoms with Crippen LogP contribution in [0, 0.1) is 0 Å². The van der Waals surface area contributed by atoms with Crippen molar-refractivity contribution in [1.82, 2.24) is 15.3 Å². The van der Waals surface area contributed by atoms with Gasteiger partial charge in [0.05, 0.1) is 11.9 Å². The van der Waals surface area contributed by atoms with Crippen molar-refractivity contribution in [2.45, 2.75) is 13.3 Å². The molecule has 1 rings (SSSR count). The topological polar surface area (TPSA) is 107 Å². The Bertz CT molecular complexity index is 402. The first-order chi connectivity index (χ1) is 7.59. The van der Waals surface area contributed by atoms with Crippen molar-refractivity contribution < 1.29 is 4.79 Å². The average Bonchev–Trinajstić information content (AvgIpc) is 2.22. The van der Waals surface area contributed by atoms with Crippen molar-refractivity contribution in [3.63, 3.8) is 0 Å². The number of nitrogens with zero attached hydrogens (tertiary/aromatic N) is 2. The van der Waals surface area contributed by atoms with Crippen LogP contribution in [0.5, 0.6) is 0 Å². The Labute approximate surface area is 93.8 Å². The summed E-state index contributed by atoms with van der Waals surface area (Å²) in [6.07, 6.45) is 5.94. The number of amides is 1. The first-order valence-electron chi connectivity index (χ1n) is 4.88. The Balaban J connectivity index is 2.44. The smallest absolute Gasteiger partial charge is 0.216 e. The molecule has 0 unspecified atom stereocenters. The molecule has 1 heterocycles. The monoisotopic (exact) mass is 221 g/mol. The van der Waals surface area contributed by atoms with Gasteiger partial charge in [0.25, 0.3) is 0 Å². The van der Waals surface area contributed by atoms with Gasteiger partial charge in [-0.2, -0.15) is 0 Å². The molecular formula is C10H15N5O. The van der Waals surface area contributed by atoms with Gasteiger partial charge in [0, 0.05) is 13.5 Å². The van der Waals surface area contributed by atoms with E-state index in [9.17, 15) is 4.79 Å². The Morgan fingerprint density at radius 3 is 2.88 bits per heavy atom. The van der Waals surface area contributed by atoms with Crippen molar-refractivity contribution in [1.29, 1.82) is 0 Å². The van der Waals surface area contributed by atoms with Gasteiger partial charge in [-0.25, -0.2) is 9.97 Å². The van der Waals surface area contributed by atoms with Crippen LogP contribution in [0.25, 0.3) is 6.08 Å². The maximum absolute atomic E-state index is 10.6. The predicted octanol–water partition coefficient (Wildman–Crippen LogP) is 0.180. The fraction of sp³-hybridized carbons (Fsp3) is 0.300. The lowest BCUT2D eigenvalue weighted by atomic mass is 10.3. The third-order valence-corrected chi connectivity index (χ3v) is 1.82. The molecule has 16 heavy (non-hydrogen) atoms. The van der Waals surface area contributed by atoms with Crippen LogP contribution in [0.2, 0.25) is 0 Å². The zero-order valence-electron chi connectivity index (χ0n) is 9.10. The minimum atomic E-state index is -0.0371. The number of hydrogen-bond donors (Lipinski definition) is 3. The third-order valence-electron chi connectivity index (χ3n) is 1.82. The average molecular weight is 221 g/mol. The van der Waals surface area contributed by atoms with Crippen molar-refractivity contribution in [2.24, 2.45) is 0 Å². The number of rotatable bonds is 4. The number of nitrogens with one attached hydrogen (secondary N) is 1. The molecule has 6 heteroatoms. The molecule has 0 aliphatic heterocycles. The molecule has 1 aromatic rings. The molecule has 5 N–H and O–H groups in total. The first kappa shape index (κ1) is 12.0. The fourth-order valence-electron chi connectivity index (χ4n) is 1.04. The van der Waals surface area contributed by atoms with Gasteiger partial charge in [0.15, 0.2) is 11.6 Å². The van der Waals surface area contributed by atoms with Crippen LogP contribution in [-0.2, 0) is 4.79 Å². The molecule has 0 radical (unpaired) electrons. The minimum absolute atomic E-state index is 0.0371. The first-order valence-corrected chi connectivity index (χ1v) is 4.88. The lowest BCUT2D eigenvalue weighted by Gasteiger charge is -1.99. The zero-order chi connectivity index (χ0) is 12.0. The van der Waals surface area contributed by atoms with E-state index in [-0.39, 0.29) is 17.5 Å². The summed E-state index contributed by atoms with van der Waals surface area (Å²) in [7, 11) is 0. The fourth-order valence-corrected chi connectivity index (χ4v) is 1.04. The lowest BCUT2D eigenvalue weighted by Crippen LogP contribution is -2.20. The number of carbonyl (C=O) groups excluding carboxylic acids is 1. The number of aromatic nitrogens is 2. The van der Waals surface area contributed by atoms with Crippen LogP contribution in [0.4, 0.5) is 11.6 Å². The van der Waals surface area contributed by atoms with Gasteiger partial charge in [-0.3, -0.25) is 4.79 Å². The van der Waals surface area contributed by atoms with E-state index in [4.69, 9.17) is 11.5 Å². The summed E-state index contributed by atoms with van der Waals surface area (Å²) in [4.78, 5) is 18.5. The normalized spacial score (nSPS) is 10.6. The van der Waals surface area contributed by atoms with E-state index in [1.54, 1.807) is 12.3 Å². The van der Waals surface area contributed by atoms with Crippen LogP contribution in [-0.4, -0.2) is 22.4 Å². The molecule has 6 nitrogen and oxygen atoms in total. The van der Waals surface area contributed by atoms with Gasteiger partial charge in [-0.05, 0) is 12.5 Å². The van der Waals surface area contributed by atoms with Crippen molar-refractivity contribution in [2.75, 3.05) is 18.0 Å². The Morgan fingerprint density at radius 1 is 1.50 bits per heavy atom. The van der Waals surface area contributed by atoms with Gasteiger partial charge in [-0.15, -0.1) is 0 Å². The summed E-state index contributed by atoms with van der Waals surface area (Å²) in [5, 5.41) is 2.68. The Hall–Kier alpha value is -2.11. The quantitative estimate of drug-likeness (QED) is 0.629. The van der Waals surface area contributed by atoms with Crippen molar-refractivity contribution in [3.8, 4) is 0 Å². The SMILES string of the molecule is CC(=O)NCCC=Cc1cnc(N)c(N)n1. The van der Waals surface area contributed by atoms with Crippen molar-refractivity contribution >= 4 is 23.6 Å². The number of hydrogen-bond acceptors (Lipinski definition) is 5. The van der Waals surface area contributed by atoms with E-state index in [1.165, 1.54) is 6.92 Å². The van der Waals surface area contributed by atoms with Crippen LogP contribution in [0.3, 0.4) is 0 Å². The summed E-state index contributed by atoms with van der Waals surface area (Å²) in [6, 6.07) is 0. The Kier molecular flexibility index (Phi) is 4.26. The standard InChI is InChI=1S/C10H15N5O/c1-7(16)13-5-3-2-4-8-6-14-9(11)10(12)15-8/h2,4,6H,3,5H2,1H3,(H2,11,14)(H2,12,15)(H,13,16). The number of nitrogen functional groups attached to an aromatic ring is 2.